The number of nitrogens with zero attached hydrogens (tertiary/aromatic N) is 1. The summed E-state index contributed by atoms with van der Waals surface area (Å²) in [5, 5.41) is 0. The Labute approximate surface area is 108 Å². The Bertz CT molecular complexity index is 778. The van der Waals surface area contributed by atoms with Gasteiger partial charge in [-0.15, -0.1) is 0 Å². The summed E-state index contributed by atoms with van der Waals surface area (Å²) in [4.78, 5) is 16.3. The first-order valence-electron chi connectivity index (χ1n) is 5.69. The molecule has 5 heteroatoms. The molecule has 0 radical (unpaired) electrons. The van der Waals surface area contributed by atoms with Crippen LogP contribution in [0.4, 0.5) is 0 Å². The van der Waals surface area contributed by atoms with Gasteiger partial charge in [0.15, 0.2) is 22.8 Å². The smallest absolute Gasteiger partial charge is 0.228 e. The van der Waals surface area contributed by atoms with Crippen LogP contribution in [0.3, 0.4) is 0 Å². The van der Waals surface area contributed by atoms with Crippen LogP contribution >= 0.6 is 0 Å². The van der Waals surface area contributed by atoms with Crippen molar-refractivity contribution >= 4 is 11.1 Å². The van der Waals surface area contributed by atoms with E-state index in [0.717, 1.165) is 0 Å². The largest absolute Gasteiger partial charge is 0.491 e. The normalized spacial score (nSPS) is 10.8. The maximum absolute atomic E-state index is 11.9. The molecule has 1 heterocycles. The van der Waals surface area contributed by atoms with Crippen molar-refractivity contribution in [2.75, 3.05) is 14.2 Å². The summed E-state index contributed by atoms with van der Waals surface area (Å²) < 4.78 is 16.0. The molecule has 5 nitrogen and oxygen atoms in total. The van der Waals surface area contributed by atoms with Crippen LogP contribution in [0, 0.1) is 0 Å². The standard InChI is InChI=1S/C14H11NO4/c1-17-13-9(16)7-11-12(14(13)18-2)15-8-5-3-4-6-10(8)19-11/h3-7H,1-2H3. The summed E-state index contributed by atoms with van der Waals surface area (Å²) in [5.41, 5.74) is 1.47. The maximum Gasteiger partial charge on any atom is 0.228 e. The molecule has 19 heavy (non-hydrogen) atoms. The summed E-state index contributed by atoms with van der Waals surface area (Å²) in [7, 11) is 2.89. The van der Waals surface area contributed by atoms with Crippen LogP contribution in [0.25, 0.3) is 22.6 Å². The Kier molecular flexibility index (Phi) is 2.59. The van der Waals surface area contributed by atoms with Gasteiger partial charge in [-0.25, -0.2) is 4.98 Å². The number of methoxy groups -OCH3 is 2. The van der Waals surface area contributed by atoms with Crippen molar-refractivity contribution in [1.29, 1.82) is 0 Å². The Morgan fingerprint density at radius 3 is 2.58 bits per heavy atom. The number of benzene rings is 2. The topological polar surface area (TPSA) is 61.6 Å². The van der Waals surface area contributed by atoms with Gasteiger partial charge < -0.3 is 13.9 Å². The van der Waals surface area contributed by atoms with E-state index in [0.29, 0.717) is 28.3 Å². The van der Waals surface area contributed by atoms with Gasteiger partial charge in [-0.3, -0.25) is 4.79 Å². The summed E-state index contributed by atoms with van der Waals surface area (Å²) in [5.74, 6) is 0.800. The number of hydrogen-bond acceptors (Lipinski definition) is 5. The van der Waals surface area contributed by atoms with Crippen LogP contribution in [0.15, 0.2) is 39.5 Å². The molecule has 0 aromatic heterocycles. The summed E-state index contributed by atoms with van der Waals surface area (Å²) in [6.07, 6.45) is 0. The maximum atomic E-state index is 11.9. The van der Waals surface area contributed by atoms with E-state index in [4.69, 9.17) is 13.9 Å². The van der Waals surface area contributed by atoms with Crippen LogP contribution in [-0.4, -0.2) is 19.2 Å². The van der Waals surface area contributed by atoms with Crippen molar-refractivity contribution in [2.45, 2.75) is 0 Å². The van der Waals surface area contributed by atoms with Gasteiger partial charge in [0.05, 0.1) is 14.2 Å². The SMILES string of the molecule is COc1c2nc3ccccc3oc-2cc(=O)c1OC. The van der Waals surface area contributed by atoms with Crippen molar-refractivity contribution in [2.24, 2.45) is 0 Å². The molecular formula is C14H11NO4. The minimum atomic E-state index is -0.298. The third-order valence-electron chi connectivity index (χ3n) is 2.87. The highest BCUT2D eigenvalue weighted by Gasteiger charge is 2.22. The molecule has 0 spiro atoms. The van der Waals surface area contributed by atoms with Gasteiger partial charge in [0, 0.05) is 6.07 Å². The number of fused-ring (bicyclic) bond motifs is 2. The predicted octanol–water partition coefficient (Wildman–Crippen LogP) is 2.31. The minimum absolute atomic E-state index is 0.132. The van der Waals surface area contributed by atoms with E-state index >= 15 is 0 Å². The van der Waals surface area contributed by atoms with Gasteiger partial charge >= 0.3 is 0 Å². The molecule has 1 aliphatic heterocycles. The Morgan fingerprint density at radius 2 is 1.84 bits per heavy atom. The highest BCUT2D eigenvalue weighted by atomic mass is 16.5. The lowest BCUT2D eigenvalue weighted by atomic mass is 10.2. The molecule has 0 saturated heterocycles. The Morgan fingerprint density at radius 1 is 1.11 bits per heavy atom. The first-order chi connectivity index (χ1) is 9.24. The van der Waals surface area contributed by atoms with E-state index in [1.165, 1.54) is 20.3 Å². The van der Waals surface area contributed by atoms with Gasteiger partial charge in [0.25, 0.3) is 0 Å². The zero-order valence-electron chi connectivity index (χ0n) is 10.5. The number of para-hydroxylation sites is 2. The molecular weight excluding hydrogens is 246 g/mol. The first-order valence-corrected chi connectivity index (χ1v) is 5.69. The molecule has 1 aromatic carbocycles. The lowest BCUT2D eigenvalue weighted by molar-refractivity contribution is 0.351. The number of rotatable bonds is 2. The fraction of sp³-hybridized carbons (Fsp3) is 0.143. The average molecular weight is 257 g/mol. The van der Waals surface area contributed by atoms with E-state index in [1.807, 2.05) is 18.2 Å². The van der Waals surface area contributed by atoms with Crippen LogP contribution in [0.1, 0.15) is 0 Å². The molecule has 0 amide bonds. The van der Waals surface area contributed by atoms with Gasteiger partial charge in [0.2, 0.25) is 11.2 Å². The van der Waals surface area contributed by atoms with Gasteiger partial charge in [-0.05, 0) is 12.1 Å². The van der Waals surface area contributed by atoms with Crippen LogP contribution in [0.5, 0.6) is 11.5 Å². The Balaban J connectivity index is 2.47. The zero-order chi connectivity index (χ0) is 13.4. The molecule has 1 aromatic rings. The van der Waals surface area contributed by atoms with E-state index in [1.54, 1.807) is 6.07 Å². The van der Waals surface area contributed by atoms with E-state index < -0.39 is 0 Å². The van der Waals surface area contributed by atoms with Crippen molar-refractivity contribution in [3.05, 3.63) is 40.6 Å². The number of aromatic nitrogens is 1. The highest BCUT2D eigenvalue weighted by molar-refractivity contribution is 5.79. The molecule has 0 saturated carbocycles. The van der Waals surface area contributed by atoms with Crippen LogP contribution < -0.4 is 14.9 Å². The van der Waals surface area contributed by atoms with Crippen molar-refractivity contribution < 1.29 is 13.9 Å². The fourth-order valence-corrected chi connectivity index (χ4v) is 2.03. The van der Waals surface area contributed by atoms with Gasteiger partial charge in [0.1, 0.15) is 5.52 Å². The third kappa shape index (κ3) is 1.71. The van der Waals surface area contributed by atoms with Gasteiger partial charge in [-0.2, -0.15) is 0 Å². The molecule has 96 valence electrons. The van der Waals surface area contributed by atoms with Crippen LogP contribution in [-0.2, 0) is 0 Å². The van der Waals surface area contributed by atoms with Gasteiger partial charge in [-0.1, -0.05) is 12.1 Å². The van der Waals surface area contributed by atoms with E-state index in [9.17, 15) is 4.79 Å². The van der Waals surface area contributed by atoms with E-state index in [-0.39, 0.29) is 11.2 Å². The third-order valence-corrected chi connectivity index (χ3v) is 2.87. The fourth-order valence-electron chi connectivity index (χ4n) is 2.03. The lowest BCUT2D eigenvalue weighted by Gasteiger charge is -2.12. The average Bonchev–Trinajstić information content (AvgIpc) is 2.43. The van der Waals surface area contributed by atoms with Crippen LogP contribution in [0.2, 0.25) is 0 Å². The highest BCUT2D eigenvalue weighted by Crippen LogP contribution is 2.36. The molecule has 1 aliphatic carbocycles. The molecule has 0 atom stereocenters. The second-order valence-corrected chi connectivity index (χ2v) is 3.97. The lowest BCUT2D eigenvalue weighted by Crippen LogP contribution is -2.09. The molecule has 2 aliphatic rings. The summed E-state index contributed by atoms with van der Waals surface area (Å²) in [6, 6.07) is 8.69. The van der Waals surface area contributed by atoms with E-state index in [2.05, 4.69) is 4.98 Å². The molecule has 0 unspecified atom stereocenters. The zero-order valence-corrected chi connectivity index (χ0v) is 10.5. The van der Waals surface area contributed by atoms with Crippen molar-refractivity contribution in [3.63, 3.8) is 0 Å². The monoisotopic (exact) mass is 257 g/mol. The second kappa shape index (κ2) is 4.28. The molecule has 0 N–H and O–H groups in total. The Hall–Kier alpha value is -2.56. The molecule has 0 bridgehead atoms. The minimum Gasteiger partial charge on any atom is -0.491 e. The van der Waals surface area contributed by atoms with Crippen molar-refractivity contribution in [3.8, 4) is 23.0 Å². The van der Waals surface area contributed by atoms with Crippen molar-refractivity contribution in [1.82, 2.24) is 4.98 Å². The first kappa shape index (κ1) is 11.5. The predicted molar refractivity (Wildman–Crippen MR) is 70.0 cm³/mol. The molecule has 3 rings (SSSR count). The number of hydrogen-bond donors (Lipinski definition) is 0. The summed E-state index contributed by atoms with van der Waals surface area (Å²) >= 11 is 0. The second-order valence-electron chi connectivity index (χ2n) is 3.97. The quantitative estimate of drug-likeness (QED) is 0.659. The summed E-state index contributed by atoms with van der Waals surface area (Å²) in [6.45, 7) is 0. The number of ether oxygens (including phenoxy) is 2. The molecule has 0 fully saturated rings.